The van der Waals surface area contributed by atoms with Crippen molar-refractivity contribution in [2.24, 2.45) is 0 Å². The maximum absolute atomic E-state index is 12.7. The Morgan fingerprint density at radius 3 is 2.34 bits per heavy atom. The van der Waals surface area contributed by atoms with Crippen LogP contribution in [-0.2, 0) is 17.8 Å². The number of amides is 1. The van der Waals surface area contributed by atoms with Gasteiger partial charge in [-0.25, -0.2) is 14.6 Å². The van der Waals surface area contributed by atoms with Crippen molar-refractivity contribution in [2.45, 2.75) is 19.0 Å². The van der Waals surface area contributed by atoms with Crippen LogP contribution in [0.2, 0.25) is 0 Å². The number of imidazole rings is 1. The molecule has 0 saturated heterocycles. The smallest absolute Gasteiger partial charge is 0.410 e. The van der Waals surface area contributed by atoms with Crippen molar-refractivity contribution in [1.82, 2.24) is 14.5 Å². The molecule has 7 nitrogen and oxygen atoms in total. The summed E-state index contributed by atoms with van der Waals surface area (Å²) in [5.74, 6) is -0.447. The lowest BCUT2D eigenvalue weighted by Gasteiger charge is -2.28. The van der Waals surface area contributed by atoms with Gasteiger partial charge in [-0.2, -0.15) is 0 Å². The highest BCUT2D eigenvalue weighted by atomic mass is 16.6. The molecule has 7 heteroatoms. The Kier molecular flexibility index (Phi) is 4.08. The molecule has 1 aliphatic heterocycles. The van der Waals surface area contributed by atoms with E-state index >= 15 is 0 Å². The summed E-state index contributed by atoms with van der Waals surface area (Å²) in [4.78, 5) is 29.6. The Labute approximate surface area is 167 Å². The lowest BCUT2D eigenvalue weighted by Crippen LogP contribution is -2.39. The third kappa shape index (κ3) is 2.86. The van der Waals surface area contributed by atoms with Crippen molar-refractivity contribution in [3.8, 4) is 11.1 Å². The zero-order valence-electron chi connectivity index (χ0n) is 15.6. The van der Waals surface area contributed by atoms with Crippen LogP contribution in [0, 0.1) is 0 Å². The number of aromatic nitrogens is 2. The highest BCUT2D eigenvalue weighted by molar-refractivity contribution is 5.85. The first-order valence-electron chi connectivity index (χ1n) is 9.51. The molecule has 0 bridgehead atoms. The minimum absolute atomic E-state index is 0.0109. The van der Waals surface area contributed by atoms with Crippen LogP contribution < -0.4 is 0 Å². The van der Waals surface area contributed by atoms with E-state index in [-0.39, 0.29) is 24.8 Å². The normalized spacial score (nSPS) is 14.8. The van der Waals surface area contributed by atoms with Gasteiger partial charge < -0.3 is 14.4 Å². The van der Waals surface area contributed by atoms with Gasteiger partial charge in [-0.3, -0.25) is 4.90 Å². The number of aromatic carboxylic acids is 1. The number of carbonyl (C=O) groups is 2. The van der Waals surface area contributed by atoms with Gasteiger partial charge in [0, 0.05) is 19.0 Å². The van der Waals surface area contributed by atoms with Gasteiger partial charge in [0.15, 0.2) is 0 Å². The van der Waals surface area contributed by atoms with Crippen LogP contribution in [0.15, 0.2) is 54.7 Å². The second kappa shape index (κ2) is 6.77. The molecule has 29 heavy (non-hydrogen) atoms. The summed E-state index contributed by atoms with van der Waals surface area (Å²) in [5.41, 5.74) is 4.85. The number of carboxylic acids is 1. The van der Waals surface area contributed by atoms with E-state index in [1.165, 1.54) is 28.5 Å². The molecule has 0 fully saturated rings. The monoisotopic (exact) mass is 389 g/mol. The summed E-state index contributed by atoms with van der Waals surface area (Å²) in [5, 5.41) is 9.20. The molecule has 3 aromatic rings. The molecule has 1 N–H and O–H groups in total. The Bertz CT molecular complexity index is 1080. The van der Waals surface area contributed by atoms with E-state index < -0.39 is 12.1 Å². The zero-order chi connectivity index (χ0) is 20.0. The van der Waals surface area contributed by atoms with E-state index in [2.05, 4.69) is 29.2 Å². The van der Waals surface area contributed by atoms with Crippen molar-refractivity contribution in [3.05, 3.63) is 77.4 Å². The summed E-state index contributed by atoms with van der Waals surface area (Å²) >= 11 is 0. The van der Waals surface area contributed by atoms with Gasteiger partial charge in [-0.05, 0) is 22.3 Å². The first-order valence-corrected chi connectivity index (χ1v) is 9.51. The lowest BCUT2D eigenvalue weighted by molar-refractivity contribution is 0.0678. The van der Waals surface area contributed by atoms with Gasteiger partial charge in [0.25, 0.3) is 0 Å². The highest BCUT2D eigenvalue weighted by Crippen LogP contribution is 2.44. The van der Waals surface area contributed by atoms with Crippen molar-refractivity contribution in [2.75, 3.05) is 13.2 Å². The van der Waals surface area contributed by atoms with E-state index in [9.17, 15) is 14.7 Å². The van der Waals surface area contributed by atoms with Crippen LogP contribution in [0.25, 0.3) is 11.1 Å². The molecule has 1 aliphatic carbocycles. The Morgan fingerprint density at radius 1 is 1.03 bits per heavy atom. The maximum Gasteiger partial charge on any atom is 0.410 e. The minimum Gasteiger partial charge on any atom is -0.477 e. The molecule has 0 saturated carbocycles. The summed E-state index contributed by atoms with van der Waals surface area (Å²) in [6.07, 6.45) is 0.928. The zero-order valence-corrected chi connectivity index (χ0v) is 15.6. The summed E-state index contributed by atoms with van der Waals surface area (Å²) in [6.45, 7) is 1.28. The number of nitrogens with zero attached hydrogens (tertiary/aromatic N) is 3. The third-order valence-corrected chi connectivity index (χ3v) is 5.68. The quantitative estimate of drug-likeness (QED) is 0.743. The summed E-state index contributed by atoms with van der Waals surface area (Å²) < 4.78 is 7.32. The van der Waals surface area contributed by atoms with Gasteiger partial charge >= 0.3 is 12.1 Å². The van der Waals surface area contributed by atoms with Gasteiger partial charge in [0.2, 0.25) is 0 Å². The Morgan fingerprint density at radius 2 is 1.69 bits per heavy atom. The summed E-state index contributed by atoms with van der Waals surface area (Å²) in [7, 11) is 0. The average molecular weight is 389 g/mol. The van der Waals surface area contributed by atoms with E-state index in [0.717, 1.165) is 0 Å². The predicted octanol–water partition coefficient (Wildman–Crippen LogP) is 3.35. The predicted molar refractivity (Wildman–Crippen MR) is 105 cm³/mol. The number of carbonyl (C=O) groups excluding carboxylic acids is 1. The third-order valence-electron chi connectivity index (χ3n) is 5.68. The SMILES string of the molecule is O=C(O)c1cnc2n1CCN(C(=O)OCC1c3ccccc3-c3ccccc31)C2. The first-order chi connectivity index (χ1) is 14.1. The van der Waals surface area contributed by atoms with Gasteiger partial charge in [-0.15, -0.1) is 0 Å². The van der Waals surface area contributed by atoms with Crippen LogP contribution in [0.1, 0.15) is 33.4 Å². The number of rotatable bonds is 3. The summed E-state index contributed by atoms with van der Waals surface area (Å²) in [6, 6.07) is 16.4. The molecule has 0 spiro atoms. The van der Waals surface area contributed by atoms with Crippen molar-refractivity contribution < 1.29 is 19.4 Å². The van der Waals surface area contributed by atoms with Gasteiger partial charge in [0.05, 0.1) is 12.7 Å². The molecular weight excluding hydrogens is 370 g/mol. The van der Waals surface area contributed by atoms with E-state index in [4.69, 9.17) is 4.74 Å². The molecule has 0 unspecified atom stereocenters. The molecule has 2 aliphatic rings. The molecule has 2 aromatic carbocycles. The maximum atomic E-state index is 12.7. The second-order valence-corrected chi connectivity index (χ2v) is 7.24. The first kappa shape index (κ1) is 17.5. The second-order valence-electron chi connectivity index (χ2n) is 7.24. The largest absolute Gasteiger partial charge is 0.477 e. The number of hydrogen-bond donors (Lipinski definition) is 1. The van der Waals surface area contributed by atoms with Crippen molar-refractivity contribution in [3.63, 3.8) is 0 Å². The van der Waals surface area contributed by atoms with E-state index in [1.807, 2.05) is 24.3 Å². The lowest BCUT2D eigenvalue weighted by atomic mass is 9.98. The van der Waals surface area contributed by atoms with E-state index in [1.54, 1.807) is 9.47 Å². The minimum atomic E-state index is -1.02. The molecule has 1 amide bonds. The fourth-order valence-corrected chi connectivity index (χ4v) is 4.27. The van der Waals surface area contributed by atoms with Gasteiger partial charge in [-0.1, -0.05) is 48.5 Å². The van der Waals surface area contributed by atoms with Crippen molar-refractivity contribution >= 4 is 12.1 Å². The van der Waals surface area contributed by atoms with Crippen LogP contribution in [0.4, 0.5) is 4.79 Å². The topological polar surface area (TPSA) is 84.7 Å². The van der Waals surface area contributed by atoms with Crippen LogP contribution in [0.5, 0.6) is 0 Å². The average Bonchev–Trinajstić information content (AvgIpc) is 3.31. The highest BCUT2D eigenvalue weighted by Gasteiger charge is 2.31. The van der Waals surface area contributed by atoms with Crippen molar-refractivity contribution in [1.29, 1.82) is 0 Å². The molecule has 146 valence electrons. The number of ether oxygens (including phenoxy) is 1. The number of carboxylic acid groups (broad SMARTS) is 1. The van der Waals surface area contributed by atoms with Crippen LogP contribution in [0.3, 0.4) is 0 Å². The van der Waals surface area contributed by atoms with E-state index in [0.29, 0.717) is 18.9 Å². The Balaban J connectivity index is 1.31. The molecule has 0 radical (unpaired) electrons. The number of benzene rings is 2. The number of hydrogen-bond acceptors (Lipinski definition) is 4. The molecule has 1 aromatic heterocycles. The fourth-order valence-electron chi connectivity index (χ4n) is 4.27. The number of fused-ring (bicyclic) bond motifs is 4. The molecule has 2 heterocycles. The fraction of sp³-hybridized carbons (Fsp3) is 0.227. The molecule has 5 rings (SSSR count). The van der Waals surface area contributed by atoms with Gasteiger partial charge in [0.1, 0.15) is 18.1 Å². The standard InChI is InChI=1S/C22H19N3O4/c26-21(27)19-11-23-20-12-24(9-10-25(19)20)22(28)29-13-18-16-7-3-1-5-14(16)15-6-2-4-8-17(15)18/h1-8,11,18H,9-10,12-13H2,(H,26,27). The van der Waals surface area contributed by atoms with Crippen LogP contribution in [-0.4, -0.2) is 44.8 Å². The molecule has 0 atom stereocenters. The molecular formula is C22H19N3O4. The van der Waals surface area contributed by atoms with Crippen LogP contribution >= 0.6 is 0 Å². The Hall–Kier alpha value is -3.61.